The summed E-state index contributed by atoms with van der Waals surface area (Å²) in [6, 6.07) is 3.12. The summed E-state index contributed by atoms with van der Waals surface area (Å²) in [6.07, 6.45) is 2.80. The van der Waals surface area contributed by atoms with Gasteiger partial charge in [-0.2, -0.15) is 11.3 Å². The van der Waals surface area contributed by atoms with Crippen LogP contribution in [0.5, 0.6) is 0 Å². The molecule has 1 aromatic heterocycles. The lowest BCUT2D eigenvalue weighted by Crippen LogP contribution is -2.34. The first-order valence-electron chi connectivity index (χ1n) is 6.75. The van der Waals surface area contributed by atoms with E-state index < -0.39 is 0 Å². The summed E-state index contributed by atoms with van der Waals surface area (Å²) >= 11 is 1.81. The van der Waals surface area contributed by atoms with E-state index >= 15 is 0 Å². The predicted octanol–water partition coefficient (Wildman–Crippen LogP) is 2.96. The fourth-order valence-electron chi connectivity index (χ4n) is 2.26. The summed E-state index contributed by atoms with van der Waals surface area (Å²) in [4.78, 5) is 2.67. The standard InChI is InChI=1S/C14H24N2S/c1-3-15-8-12(2)9-16(14-4-5-14)10-13-6-7-17-11-13/h6-7,11-12,14-15H,3-5,8-10H2,1-2H3. The van der Waals surface area contributed by atoms with Gasteiger partial charge in [0.2, 0.25) is 0 Å². The van der Waals surface area contributed by atoms with Crippen molar-refractivity contribution >= 4 is 11.3 Å². The van der Waals surface area contributed by atoms with Gasteiger partial charge in [-0.3, -0.25) is 4.90 Å². The van der Waals surface area contributed by atoms with Gasteiger partial charge >= 0.3 is 0 Å². The maximum atomic E-state index is 3.45. The zero-order valence-electron chi connectivity index (χ0n) is 11.0. The van der Waals surface area contributed by atoms with E-state index in [1.807, 2.05) is 11.3 Å². The van der Waals surface area contributed by atoms with Crippen LogP contribution in [-0.2, 0) is 6.54 Å². The van der Waals surface area contributed by atoms with Crippen molar-refractivity contribution in [2.45, 2.75) is 39.3 Å². The van der Waals surface area contributed by atoms with Gasteiger partial charge < -0.3 is 5.32 Å². The molecular weight excluding hydrogens is 228 g/mol. The average Bonchev–Trinajstić information content (AvgIpc) is 3.05. The van der Waals surface area contributed by atoms with Crippen molar-refractivity contribution in [3.63, 3.8) is 0 Å². The molecule has 1 heterocycles. The molecule has 1 saturated carbocycles. The summed E-state index contributed by atoms with van der Waals surface area (Å²) in [5.41, 5.74) is 1.48. The van der Waals surface area contributed by atoms with Crippen molar-refractivity contribution in [2.75, 3.05) is 19.6 Å². The molecule has 0 aromatic carbocycles. The second-order valence-electron chi connectivity index (χ2n) is 5.21. The minimum Gasteiger partial charge on any atom is -0.317 e. The van der Waals surface area contributed by atoms with E-state index in [0.29, 0.717) is 0 Å². The van der Waals surface area contributed by atoms with Crippen molar-refractivity contribution < 1.29 is 0 Å². The molecule has 3 heteroatoms. The molecule has 1 N–H and O–H groups in total. The van der Waals surface area contributed by atoms with Gasteiger partial charge in [-0.05, 0) is 54.2 Å². The Hall–Kier alpha value is -0.380. The Bertz CT molecular complexity index is 306. The zero-order valence-corrected chi connectivity index (χ0v) is 11.8. The Labute approximate surface area is 109 Å². The van der Waals surface area contributed by atoms with E-state index in [2.05, 4.69) is 40.9 Å². The molecule has 2 rings (SSSR count). The average molecular weight is 252 g/mol. The third-order valence-electron chi connectivity index (χ3n) is 3.32. The van der Waals surface area contributed by atoms with Gasteiger partial charge in [0, 0.05) is 19.1 Å². The fourth-order valence-corrected chi connectivity index (χ4v) is 2.91. The van der Waals surface area contributed by atoms with Crippen molar-refractivity contribution in [3.05, 3.63) is 22.4 Å². The highest BCUT2D eigenvalue weighted by molar-refractivity contribution is 7.07. The molecule has 0 bridgehead atoms. The SMILES string of the molecule is CCNCC(C)CN(Cc1ccsc1)C1CC1. The summed E-state index contributed by atoms with van der Waals surface area (Å²) < 4.78 is 0. The molecule has 0 saturated heterocycles. The monoisotopic (exact) mass is 252 g/mol. The molecule has 17 heavy (non-hydrogen) atoms. The molecule has 0 amide bonds. The molecule has 1 atom stereocenters. The van der Waals surface area contributed by atoms with Gasteiger partial charge in [-0.1, -0.05) is 13.8 Å². The molecule has 1 aromatic rings. The van der Waals surface area contributed by atoms with E-state index in [1.54, 1.807) is 0 Å². The largest absolute Gasteiger partial charge is 0.317 e. The van der Waals surface area contributed by atoms with E-state index in [9.17, 15) is 0 Å². The molecule has 2 nitrogen and oxygen atoms in total. The molecule has 1 unspecified atom stereocenters. The third kappa shape index (κ3) is 4.41. The first kappa shape index (κ1) is 13.1. The summed E-state index contributed by atoms with van der Waals surface area (Å²) in [5.74, 6) is 0.745. The lowest BCUT2D eigenvalue weighted by atomic mass is 10.1. The van der Waals surface area contributed by atoms with E-state index in [0.717, 1.165) is 31.6 Å². The predicted molar refractivity (Wildman–Crippen MR) is 75.5 cm³/mol. The first-order valence-corrected chi connectivity index (χ1v) is 7.69. The Morgan fingerprint density at radius 2 is 2.35 bits per heavy atom. The third-order valence-corrected chi connectivity index (χ3v) is 4.05. The van der Waals surface area contributed by atoms with Crippen LogP contribution in [0.1, 0.15) is 32.3 Å². The lowest BCUT2D eigenvalue weighted by Gasteiger charge is -2.25. The quantitative estimate of drug-likeness (QED) is 0.765. The van der Waals surface area contributed by atoms with Crippen LogP contribution in [0.4, 0.5) is 0 Å². The lowest BCUT2D eigenvalue weighted by molar-refractivity contribution is 0.217. The van der Waals surface area contributed by atoms with Gasteiger partial charge in [0.25, 0.3) is 0 Å². The maximum Gasteiger partial charge on any atom is 0.0245 e. The Morgan fingerprint density at radius 3 is 2.94 bits per heavy atom. The number of rotatable bonds is 8. The normalized spacial score (nSPS) is 17.6. The summed E-state index contributed by atoms with van der Waals surface area (Å²) in [5, 5.41) is 7.91. The topological polar surface area (TPSA) is 15.3 Å². The van der Waals surface area contributed by atoms with Gasteiger partial charge in [-0.15, -0.1) is 0 Å². The number of hydrogen-bond donors (Lipinski definition) is 1. The number of nitrogens with zero attached hydrogens (tertiary/aromatic N) is 1. The molecule has 1 aliphatic carbocycles. The van der Waals surface area contributed by atoms with Crippen molar-refractivity contribution in [1.29, 1.82) is 0 Å². The highest BCUT2D eigenvalue weighted by Crippen LogP contribution is 2.29. The first-order chi connectivity index (χ1) is 8.29. The zero-order chi connectivity index (χ0) is 12.1. The summed E-state index contributed by atoms with van der Waals surface area (Å²) in [6.45, 7) is 9.13. The van der Waals surface area contributed by atoms with Crippen molar-refractivity contribution in [2.24, 2.45) is 5.92 Å². The Balaban J connectivity index is 1.80. The fraction of sp³-hybridized carbons (Fsp3) is 0.714. The molecule has 0 spiro atoms. The number of nitrogens with one attached hydrogen (secondary N) is 1. The Morgan fingerprint density at radius 1 is 1.53 bits per heavy atom. The maximum absolute atomic E-state index is 3.45. The van der Waals surface area contributed by atoms with E-state index in [-0.39, 0.29) is 0 Å². The molecule has 0 radical (unpaired) electrons. The van der Waals surface area contributed by atoms with Gasteiger partial charge in [0.1, 0.15) is 0 Å². The second-order valence-corrected chi connectivity index (χ2v) is 5.99. The highest BCUT2D eigenvalue weighted by Gasteiger charge is 2.29. The van der Waals surface area contributed by atoms with E-state index in [1.165, 1.54) is 24.9 Å². The summed E-state index contributed by atoms with van der Waals surface area (Å²) in [7, 11) is 0. The van der Waals surface area contributed by atoms with Crippen LogP contribution in [0, 0.1) is 5.92 Å². The minimum absolute atomic E-state index is 0.745. The van der Waals surface area contributed by atoms with Crippen LogP contribution in [0.25, 0.3) is 0 Å². The van der Waals surface area contributed by atoms with Gasteiger partial charge in [0.05, 0.1) is 0 Å². The van der Waals surface area contributed by atoms with E-state index in [4.69, 9.17) is 0 Å². The van der Waals surface area contributed by atoms with Crippen LogP contribution in [0.15, 0.2) is 16.8 Å². The van der Waals surface area contributed by atoms with Crippen LogP contribution in [0.3, 0.4) is 0 Å². The number of thiophene rings is 1. The minimum atomic E-state index is 0.745. The van der Waals surface area contributed by atoms with Crippen LogP contribution >= 0.6 is 11.3 Å². The molecule has 1 fully saturated rings. The molecule has 1 aliphatic rings. The highest BCUT2D eigenvalue weighted by atomic mass is 32.1. The molecule has 96 valence electrons. The molecular formula is C14H24N2S. The Kier molecular flexibility index (Phi) is 5.01. The van der Waals surface area contributed by atoms with Gasteiger partial charge in [-0.25, -0.2) is 0 Å². The smallest absolute Gasteiger partial charge is 0.0245 e. The van der Waals surface area contributed by atoms with Crippen LogP contribution in [-0.4, -0.2) is 30.6 Å². The van der Waals surface area contributed by atoms with Crippen molar-refractivity contribution in [1.82, 2.24) is 10.2 Å². The van der Waals surface area contributed by atoms with Crippen LogP contribution < -0.4 is 5.32 Å². The van der Waals surface area contributed by atoms with Crippen LogP contribution in [0.2, 0.25) is 0 Å². The number of hydrogen-bond acceptors (Lipinski definition) is 3. The molecule has 0 aliphatic heterocycles. The van der Waals surface area contributed by atoms with Gasteiger partial charge in [0.15, 0.2) is 0 Å². The second kappa shape index (κ2) is 6.53. The van der Waals surface area contributed by atoms with Crippen molar-refractivity contribution in [3.8, 4) is 0 Å².